The predicted octanol–water partition coefficient (Wildman–Crippen LogP) is 1.57. The zero-order chi connectivity index (χ0) is 27.1. The average molecular weight is 766 g/mol. The minimum atomic E-state index is -0.221. The molecule has 0 aromatic carbocycles. The molecule has 0 amide bonds. The van der Waals surface area contributed by atoms with Crippen LogP contribution in [0, 0.1) is 47.3 Å². The summed E-state index contributed by atoms with van der Waals surface area (Å²) < 4.78 is 0. The largest absolute Gasteiger partial charge is 0.393 e. The van der Waals surface area contributed by atoms with Gasteiger partial charge in [-0.25, -0.2) is 0 Å². The van der Waals surface area contributed by atoms with Gasteiger partial charge in [0.25, 0.3) is 0 Å². The summed E-state index contributed by atoms with van der Waals surface area (Å²) in [4.78, 5) is 0. The van der Waals surface area contributed by atoms with Gasteiger partial charge in [-0.2, -0.15) is 0 Å². The molecule has 17 unspecified atom stereocenters. The summed E-state index contributed by atoms with van der Waals surface area (Å²) in [7, 11) is 0. The molecule has 9 fully saturated rings. The van der Waals surface area contributed by atoms with Crippen molar-refractivity contribution in [3.63, 3.8) is 0 Å². The SMILES string of the molecule is OC1CCCC2C3NC4NC(NC5NC(NC6NC(NC(N3)C12)C1CCCCC61)C1CCCCC51)C1CCCCC41.[Au]. The van der Waals surface area contributed by atoms with Gasteiger partial charge in [-0.3, -0.25) is 42.5 Å². The van der Waals surface area contributed by atoms with Crippen LogP contribution in [0.25, 0.3) is 0 Å². The summed E-state index contributed by atoms with van der Waals surface area (Å²) in [5.41, 5.74) is 0. The molecule has 9 N–H and O–H groups in total. The van der Waals surface area contributed by atoms with Gasteiger partial charge in [-0.1, -0.05) is 44.9 Å². The Kier molecular flexibility index (Phi) is 8.64. The Labute approximate surface area is 268 Å². The van der Waals surface area contributed by atoms with E-state index in [4.69, 9.17) is 0 Å². The third-order valence-corrected chi connectivity index (χ3v) is 13.9. The smallest absolute Gasteiger partial charge is 0.0653 e. The van der Waals surface area contributed by atoms with E-state index in [0.29, 0.717) is 78.4 Å². The molecular weight excluding hydrogens is 709 g/mol. The number of aliphatic hydroxyl groups excluding tert-OH is 1. The van der Waals surface area contributed by atoms with Crippen molar-refractivity contribution in [2.75, 3.05) is 0 Å². The molecule has 8 bridgehead atoms. The van der Waals surface area contributed by atoms with Gasteiger partial charge in [-0.05, 0) is 92.8 Å². The zero-order valence-electron chi connectivity index (χ0n) is 25.2. The van der Waals surface area contributed by atoms with Crippen LogP contribution in [0.5, 0.6) is 0 Å². The van der Waals surface area contributed by atoms with Crippen LogP contribution in [0.1, 0.15) is 96.3 Å². The first-order valence-electron chi connectivity index (χ1n) is 18.0. The summed E-state index contributed by atoms with van der Waals surface area (Å²) >= 11 is 0. The molecule has 17 atom stereocenters. The van der Waals surface area contributed by atoms with Gasteiger partial charge in [-0.15, -0.1) is 0 Å². The number of hydrogen-bond acceptors (Lipinski definition) is 9. The van der Waals surface area contributed by atoms with Crippen LogP contribution in [-0.2, 0) is 22.4 Å². The molecule has 5 aliphatic heterocycles. The van der Waals surface area contributed by atoms with Crippen LogP contribution in [0.15, 0.2) is 0 Å². The van der Waals surface area contributed by atoms with Crippen molar-refractivity contribution in [2.45, 2.75) is 152 Å². The van der Waals surface area contributed by atoms with Crippen LogP contribution in [0.3, 0.4) is 0 Å². The standard InChI is InChI=1S/C32H56N8O.Au/c41-23-15-7-14-22-24(23)32-39-30-21-13-6-5-12-20(21)28(37-30)35-26-17-9-2-1-8-16(17)25(33-26)34-27-18-10-3-4-11-19(18)29(36-27)38-31(22)40-32;/h16-41H,1-15H2;. The van der Waals surface area contributed by atoms with Crippen LogP contribution in [0.4, 0.5) is 0 Å². The molecule has 0 aromatic rings. The Morgan fingerprint density at radius 2 is 0.571 bits per heavy atom. The third-order valence-electron chi connectivity index (χ3n) is 13.9. The molecule has 5 heterocycles. The maximum absolute atomic E-state index is 11.4. The molecule has 9 aliphatic rings. The molecule has 9 nitrogen and oxygen atoms in total. The Hall–Kier alpha value is 0.380. The fraction of sp³-hybridized carbons (Fsp3) is 1.00. The number of rotatable bonds is 0. The number of fused-ring (bicyclic) bond motifs is 20. The molecule has 42 heavy (non-hydrogen) atoms. The quantitative estimate of drug-likeness (QED) is 0.170. The van der Waals surface area contributed by atoms with Crippen molar-refractivity contribution in [1.82, 2.24) is 42.5 Å². The molecule has 0 aromatic heterocycles. The second-order valence-corrected chi connectivity index (χ2v) is 15.7. The minimum absolute atomic E-state index is 0. The van der Waals surface area contributed by atoms with Crippen LogP contribution in [-0.4, -0.2) is 60.5 Å². The summed E-state index contributed by atoms with van der Waals surface area (Å²) in [5.74, 6) is 4.87. The molecular formula is C32H56AuN8O. The van der Waals surface area contributed by atoms with E-state index in [1.165, 1.54) is 83.5 Å². The number of hydrogen-bond donors (Lipinski definition) is 9. The molecule has 241 valence electrons. The third kappa shape index (κ3) is 5.05. The van der Waals surface area contributed by atoms with E-state index in [9.17, 15) is 5.11 Å². The van der Waals surface area contributed by atoms with Gasteiger partial charge < -0.3 is 5.11 Å². The first kappa shape index (κ1) is 29.8. The van der Waals surface area contributed by atoms with Gasteiger partial charge in [0, 0.05) is 28.3 Å². The van der Waals surface area contributed by atoms with E-state index >= 15 is 0 Å². The minimum Gasteiger partial charge on any atom is -0.393 e. The van der Waals surface area contributed by atoms with E-state index in [2.05, 4.69) is 42.5 Å². The van der Waals surface area contributed by atoms with E-state index < -0.39 is 0 Å². The first-order chi connectivity index (χ1) is 20.2. The Morgan fingerprint density at radius 3 is 0.905 bits per heavy atom. The summed E-state index contributed by atoms with van der Waals surface area (Å²) in [6, 6.07) is 0. The van der Waals surface area contributed by atoms with Crippen LogP contribution >= 0.6 is 0 Å². The van der Waals surface area contributed by atoms with Crippen molar-refractivity contribution < 1.29 is 27.5 Å². The van der Waals surface area contributed by atoms with Crippen molar-refractivity contribution in [2.24, 2.45) is 47.3 Å². The van der Waals surface area contributed by atoms with Gasteiger partial charge in [0.2, 0.25) is 0 Å². The Balaban J connectivity index is 0.00000267. The first-order valence-corrected chi connectivity index (χ1v) is 18.0. The van der Waals surface area contributed by atoms with Crippen LogP contribution < -0.4 is 42.5 Å². The molecule has 0 spiro atoms. The maximum Gasteiger partial charge on any atom is 0.0653 e. The zero-order valence-corrected chi connectivity index (χ0v) is 27.3. The molecule has 9 rings (SSSR count). The molecule has 10 heteroatoms. The topological polar surface area (TPSA) is 116 Å². The normalized spacial score (nSPS) is 56.9. The summed E-state index contributed by atoms with van der Waals surface area (Å²) in [6.45, 7) is 0. The molecule has 4 saturated carbocycles. The second kappa shape index (κ2) is 12.2. The molecule has 5 saturated heterocycles. The van der Waals surface area contributed by atoms with Gasteiger partial charge in [0.05, 0.1) is 55.4 Å². The van der Waals surface area contributed by atoms with Gasteiger partial charge in [0.15, 0.2) is 0 Å². The number of aliphatic hydroxyl groups is 1. The Bertz CT molecular complexity index is 959. The van der Waals surface area contributed by atoms with Crippen molar-refractivity contribution >= 4 is 0 Å². The van der Waals surface area contributed by atoms with Crippen molar-refractivity contribution in [3.8, 4) is 0 Å². The Morgan fingerprint density at radius 1 is 0.310 bits per heavy atom. The van der Waals surface area contributed by atoms with Gasteiger partial charge in [0.1, 0.15) is 0 Å². The van der Waals surface area contributed by atoms with E-state index in [1.54, 1.807) is 0 Å². The fourth-order valence-corrected chi connectivity index (χ4v) is 12.0. The van der Waals surface area contributed by atoms with E-state index in [0.717, 1.165) is 12.8 Å². The fourth-order valence-electron chi connectivity index (χ4n) is 12.0. The molecule has 1 radical (unpaired) electrons. The number of nitrogens with one attached hydrogen (secondary N) is 8. The van der Waals surface area contributed by atoms with E-state index in [-0.39, 0.29) is 46.7 Å². The monoisotopic (exact) mass is 765 g/mol. The van der Waals surface area contributed by atoms with E-state index in [1.807, 2.05) is 0 Å². The predicted molar refractivity (Wildman–Crippen MR) is 159 cm³/mol. The van der Waals surface area contributed by atoms with Gasteiger partial charge >= 0.3 is 0 Å². The van der Waals surface area contributed by atoms with Crippen LogP contribution in [0.2, 0.25) is 0 Å². The summed E-state index contributed by atoms with van der Waals surface area (Å²) in [5, 5.41) is 44.6. The average Bonchev–Trinajstić information content (AvgIpc) is 3.73. The maximum atomic E-state index is 11.4. The van der Waals surface area contributed by atoms with Crippen molar-refractivity contribution in [1.29, 1.82) is 0 Å². The van der Waals surface area contributed by atoms with Crippen molar-refractivity contribution in [3.05, 3.63) is 0 Å². The second-order valence-electron chi connectivity index (χ2n) is 15.7. The summed E-state index contributed by atoms with van der Waals surface area (Å²) in [6.07, 6.45) is 21.7. The molecule has 4 aliphatic carbocycles.